The van der Waals surface area contributed by atoms with Gasteiger partial charge in [0.05, 0.1) is 0 Å². The third-order valence-electron chi connectivity index (χ3n) is 3.43. The summed E-state index contributed by atoms with van der Waals surface area (Å²) in [6, 6.07) is 7.76. The fourth-order valence-corrected chi connectivity index (χ4v) is 2.30. The van der Waals surface area contributed by atoms with E-state index in [9.17, 15) is 4.79 Å². The van der Waals surface area contributed by atoms with Crippen molar-refractivity contribution in [1.29, 1.82) is 0 Å². The summed E-state index contributed by atoms with van der Waals surface area (Å²) >= 11 is 0. The molecule has 1 unspecified atom stereocenters. The smallest absolute Gasteiger partial charge is 0.320 e. The molecule has 1 aromatic rings. The van der Waals surface area contributed by atoms with Crippen molar-refractivity contribution in [2.24, 2.45) is 5.92 Å². The number of hydrogen-bond acceptors (Lipinski definition) is 2. The minimum Gasteiger partial charge on any atom is -0.473 e. The van der Waals surface area contributed by atoms with Crippen molar-refractivity contribution >= 4 is 6.03 Å². The van der Waals surface area contributed by atoms with Crippen molar-refractivity contribution in [2.45, 2.75) is 26.7 Å². The van der Waals surface area contributed by atoms with Crippen LogP contribution in [0.25, 0.3) is 0 Å². The zero-order valence-corrected chi connectivity index (χ0v) is 11.7. The number of ether oxygens (including phenoxy) is 1. The molecule has 1 aliphatic rings. The second-order valence-corrected chi connectivity index (χ2v) is 5.28. The number of hydrogen-bond donors (Lipinski definition) is 1. The molecule has 1 fully saturated rings. The van der Waals surface area contributed by atoms with Crippen molar-refractivity contribution in [3.63, 3.8) is 0 Å². The molecule has 104 valence electrons. The van der Waals surface area contributed by atoms with Gasteiger partial charge in [-0.25, -0.2) is 4.79 Å². The fraction of sp³-hybridized carbons (Fsp3) is 0.533. The second-order valence-electron chi connectivity index (χ2n) is 5.28. The van der Waals surface area contributed by atoms with Crippen molar-refractivity contribution in [1.82, 2.24) is 10.2 Å². The summed E-state index contributed by atoms with van der Waals surface area (Å²) in [5.74, 6) is 1.37. The minimum absolute atomic E-state index is 0.0290. The highest BCUT2D eigenvalue weighted by Gasteiger charge is 2.20. The van der Waals surface area contributed by atoms with E-state index in [0.29, 0.717) is 5.92 Å². The average Bonchev–Trinajstić information content (AvgIpc) is 2.41. The van der Waals surface area contributed by atoms with Gasteiger partial charge in [0.2, 0.25) is 0 Å². The summed E-state index contributed by atoms with van der Waals surface area (Å²) in [7, 11) is 0. The fourth-order valence-electron chi connectivity index (χ4n) is 2.30. The van der Waals surface area contributed by atoms with Crippen molar-refractivity contribution in [3.8, 4) is 5.75 Å². The molecule has 1 aliphatic heterocycles. The standard InChI is InChI=1S/C15H22N2O2/c1-12-5-7-14(8-6-12)19-11-16-15(18)17-9-3-4-13(2)10-17/h5-8,13H,3-4,9-11H2,1-2H3,(H,16,18). The SMILES string of the molecule is Cc1ccc(OCNC(=O)N2CCCC(C)C2)cc1. The van der Waals surface area contributed by atoms with Gasteiger partial charge in [-0.05, 0) is 37.8 Å². The Bertz CT molecular complexity index is 417. The van der Waals surface area contributed by atoms with Gasteiger partial charge in [0.1, 0.15) is 5.75 Å². The van der Waals surface area contributed by atoms with Crippen LogP contribution in [0.2, 0.25) is 0 Å². The van der Waals surface area contributed by atoms with Gasteiger partial charge < -0.3 is 15.0 Å². The average molecular weight is 262 g/mol. The van der Waals surface area contributed by atoms with Crippen molar-refractivity contribution in [2.75, 3.05) is 19.8 Å². The molecule has 0 bridgehead atoms. The van der Waals surface area contributed by atoms with Crippen LogP contribution in [0.3, 0.4) is 0 Å². The van der Waals surface area contributed by atoms with Crippen LogP contribution in [0.5, 0.6) is 5.75 Å². The number of benzene rings is 1. The predicted molar refractivity (Wildman–Crippen MR) is 75.2 cm³/mol. The zero-order valence-electron chi connectivity index (χ0n) is 11.7. The Morgan fingerprint density at radius 3 is 2.84 bits per heavy atom. The highest BCUT2D eigenvalue weighted by atomic mass is 16.5. The Labute approximate surface area is 114 Å². The molecule has 2 rings (SSSR count). The largest absolute Gasteiger partial charge is 0.473 e. The molecule has 0 radical (unpaired) electrons. The van der Waals surface area contributed by atoms with Gasteiger partial charge in [0.25, 0.3) is 0 Å². The molecule has 4 nitrogen and oxygen atoms in total. The first-order chi connectivity index (χ1) is 9.15. The number of carbonyl (C=O) groups is 1. The molecule has 1 saturated heterocycles. The number of rotatable bonds is 3. The summed E-state index contributed by atoms with van der Waals surface area (Å²) in [5, 5.41) is 2.80. The van der Waals surface area contributed by atoms with E-state index in [0.717, 1.165) is 25.3 Å². The molecule has 4 heteroatoms. The quantitative estimate of drug-likeness (QED) is 0.851. The Hall–Kier alpha value is -1.71. The summed E-state index contributed by atoms with van der Waals surface area (Å²) in [6.45, 7) is 6.12. The highest BCUT2D eigenvalue weighted by Crippen LogP contribution is 2.15. The molecule has 1 heterocycles. The van der Waals surface area contributed by atoms with Gasteiger partial charge in [-0.1, -0.05) is 24.6 Å². The number of carbonyl (C=O) groups excluding carboxylic acids is 1. The molecule has 1 aromatic carbocycles. The van der Waals surface area contributed by atoms with Crippen LogP contribution in [-0.4, -0.2) is 30.8 Å². The lowest BCUT2D eigenvalue weighted by atomic mass is 10.0. The van der Waals surface area contributed by atoms with E-state index in [1.807, 2.05) is 36.1 Å². The van der Waals surface area contributed by atoms with Crippen LogP contribution in [0.4, 0.5) is 4.79 Å². The van der Waals surface area contributed by atoms with Crippen LogP contribution >= 0.6 is 0 Å². The van der Waals surface area contributed by atoms with Crippen molar-refractivity contribution < 1.29 is 9.53 Å². The number of aryl methyl sites for hydroxylation is 1. The second kappa shape index (κ2) is 6.45. The molecule has 0 aliphatic carbocycles. The van der Waals surface area contributed by atoms with E-state index < -0.39 is 0 Å². The van der Waals surface area contributed by atoms with Crippen LogP contribution in [0.1, 0.15) is 25.3 Å². The predicted octanol–water partition coefficient (Wildman–Crippen LogP) is 2.77. The third kappa shape index (κ3) is 4.16. The Morgan fingerprint density at radius 2 is 2.16 bits per heavy atom. The van der Waals surface area contributed by atoms with Crippen LogP contribution in [-0.2, 0) is 0 Å². The van der Waals surface area contributed by atoms with E-state index in [2.05, 4.69) is 12.2 Å². The maximum Gasteiger partial charge on any atom is 0.320 e. The summed E-state index contributed by atoms with van der Waals surface area (Å²) < 4.78 is 5.49. The first-order valence-electron chi connectivity index (χ1n) is 6.87. The van der Waals surface area contributed by atoms with Gasteiger partial charge in [-0.15, -0.1) is 0 Å². The maximum atomic E-state index is 11.9. The summed E-state index contributed by atoms with van der Waals surface area (Å²) in [4.78, 5) is 13.8. The van der Waals surface area contributed by atoms with Gasteiger partial charge in [0, 0.05) is 13.1 Å². The topological polar surface area (TPSA) is 41.6 Å². The van der Waals surface area contributed by atoms with Crippen LogP contribution in [0, 0.1) is 12.8 Å². The summed E-state index contributed by atoms with van der Waals surface area (Å²) in [6.07, 6.45) is 2.30. The first-order valence-corrected chi connectivity index (χ1v) is 6.87. The van der Waals surface area contributed by atoms with E-state index in [4.69, 9.17) is 4.74 Å². The minimum atomic E-state index is -0.0290. The molecule has 0 aromatic heterocycles. The van der Waals surface area contributed by atoms with Gasteiger partial charge in [-0.2, -0.15) is 0 Å². The molecule has 19 heavy (non-hydrogen) atoms. The Kier molecular flexibility index (Phi) is 4.66. The molecule has 0 saturated carbocycles. The maximum absolute atomic E-state index is 11.9. The third-order valence-corrected chi connectivity index (χ3v) is 3.43. The van der Waals surface area contributed by atoms with Crippen LogP contribution < -0.4 is 10.1 Å². The summed E-state index contributed by atoms with van der Waals surface area (Å²) in [5.41, 5.74) is 1.19. The Balaban J connectivity index is 1.73. The molecule has 1 N–H and O–H groups in total. The highest BCUT2D eigenvalue weighted by molar-refractivity contribution is 5.74. The van der Waals surface area contributed by atoms with Crippen LogP contribution in [0.15, 0.2) is 24.3 Å². The lowest BCUT2D eigenvalue weighted by molar-refractivity contribution is 0.160. The number of piperidine rings is 1. The van der Waals surface area contributed by atoms with Crippen molar-refractivity contribution in [3.05, 3.63) is 29.8 Å². The lowest BCUT2D eigenvalue weighted by Gasteiger charge is -2.30. The molecule has 2 amide bonds. The van der Waals surface area contributed by atoms with Gasteiger partial charge in [-0.3, -0.25) is 0 Å². The molecular weight excluding hydrogens is 240 g/mol. The zero-order chi connectivity index (χ0) is 13.7. The van der Waals surface area contributed by atoms with Gasteiger partial charge >= 0.3 is 6.03 Å². The molecule has 0 spiro atoms. The first kappa shape index (κ1) is 13.7. The number of urea groups is 1. The molecule has 1 atom stereocenters. The van der Waals surface area contributed by atoms with Gasteiger partial charge in [0.15, 0.2) is 6.73 Å². The number of nitrogens with one attached hydrogen (secondary N) is 1. The number of amides is 2. The lowest BCUT2D eigenvalue weighted by Crippen LogP contribution is -2.46. The van der Waals surface area contributed by atoms with E-state index >= 15 is 0 Å². The van der Waals surface area contributed by atoms with E-state index in [-0.39, 0.29) is 12.8 Å². The monoisotopic (exact) mass is 262 g/mol. The van der Waals surface area contributed by atoms with E-state index in [1.54, 1.807) is 0 Å². The molecular formula is C15H22N2O2. The van der Waals surface area contributed by atoms with E-state index in [1.165, 1.54) is 12.0 Å². The number of nitrogens with zero attached hydrogens (tertiary/aromatic N) is 1. The Morgan fingerprint density at radius 1 is 1.42 bits per heavy atom. The number of likely N-dealkylation sites (tertiary alicyclic amines) is 1. The normalized spacial score (nSPS) is 19.1.